The van der Waals surface area contributed by atoms with Gasteiger partial charge in [-0.05, 0) is 31.1 Å². The van der Waals surface area contributed by atoms with E-state index in [4.69, 9.17) is 0 Å². The van der Waals surface area contributed by atoms with Gasteiger partial charge < -0.3 is 0 Å². The zero-order valence-corrected chi connectivity index (χ0v) is 13.0. The summed E-state index contributed by atoms with van der Waals surface area (Å²) in [5.74, 6) is 0.295. The van der Waals surface area contributed by atoms with Crippen molar-refractivity contribution in [2.24, 2.45) is 0 Å². The summed E-state index contributed by atoms with van der Waals surface area (Å²) in [6, 6.07) is 20.4. The van der Waals surface area contributed by atoms with Gasteiger partial charge in [0.15, 0.2) is 5.78 Å². The number of carbonyl (C=O) groups is 1. The van der Waals surface area contributed by atoms with Crippen LogP contribution in [0.2, 0.25) is 0 Å². The lowest BCUT2D eigenvalue weighted by molar-refractivity contribution is -0.126. The molecule has 2 aromatic rings. The molecule has 2 aromatic carbocycles. The second kappa shape index (κ2) is 6.42. The summed E-state index contributed by atoms with van der Waals surface area (Å²) in [6.45, 7) is 1.46. The Balaban J connectivity index is 0.00000161. The maximum absolute atomic E-state index is 12.9. The van der Waals surface area contributed by atoms with Crippen molar-refractivity contribution in [2.75, 3.05) is 20.1 Å². The molecule has 0 aliphatic carbocycles. The van der Waals surface area contributed by atoms with Crippen LogP contribution in [0.3, 0.4) is 0 Å². The molecule has 0 N–H and O–H groups in total. The minimum Gasteiger partial charge on any atom is -0.299 e. The third-order valence-electron chi connectivity index (χ3n) is 4.29. The number of rotatable bonds is 2. The summed E-state index contributed by atoms with van der Waals surface area (Å²) in [4.78, 5) is 15.0. The fourth-order valence-corrected chi connectivity index (χ4v) is 3.18. The fourth-order valence-electron chi connectivity index (χ4n) is 3.18. The average Bonchev–Trinajstić information content (AvgIpc) is 2.50. The van der Waals surface area contributed by atoms with Crippen molar-refractivity contribution < 1.29 is 4.79 Å². The number of piperidine rings is 1. The van der Waals surface area contributed by atoms with Crippen LogP contribution in [0.1, 0.15) is 17.5 Å². The molecule has 3 rings (SSSR count). The molecule has 1 aliphatic heterocycles. The molecule has 0 radical (unpaired) electrons. The van der Waals surface area contributed by atoms with Gasteiger partial charge in [0.1, 0.15) is 0 Å². The van der Waals surface area contributed by atoms with Crippen molar-refractivity contribution in [3.05, 3.63) is 71.8 Å². The van der Waals surface area contributed by atoms with E-state index in [1.54, 1.807) is 0 Å². The van der Waals surface area contributed by atoms with Crippen LogP contribution in [0.25, 0.3) is 0 Å². The van der Waals surface area contributed by atoms with E-state index in [0.29, 0.717) is 12.3 Å². The average molecular weight is 302 g/mol. The van der Waals surface area contributed by atoms with Crippen LogP contribution < -0.4 is 0 Å². The van der Waals surface area contributed by atoms with Gasteiger partial charge in [0, 0.05) is 0 Å². The third-order valence-corrected chi connectivity index (χ3v) is 4.29. The monoisotopic (exact) mass is 301 g/mol. The number of hydrogen-bond donors (Lipinski definition) is 0. The van der Waals surface area contributed by atoms with E-state index in [9.17, 15) is 4.79 Å². The Hall–Kier alpha value is -1.64. The molecular formula is C18H20ClNO. The largest absolute Gasteiger partial charge is 0.299 e. The van der Waals surface area contributed by atoms with E-state index in [2.05, 4.69) is 29.2 Å². The molecule has 0 amide bonds. The van der Waals surface area contributed by atoms with Gasteiger partial charge in [-0.3, -0.25) is 9.69 Å². The molecule has 0 unspecified atom stereocenters. The Morgan fingerprint density at radius 1 is 0.905 bits per heavy atom. The number of nitrogens with zero attached hydrogens (tertiary/aromatic N) is 1. The van der Waals surface area contributed by atoms with Crippen molar-refractivity contribution in [3.63, 3.8) is 0 Å². The highest BCUT2D eigenvalue weighted by molar-refractivity contribution is 5.96. The summed E-state index contributed by atoms with van der Waals surface area (Å²) < 4.78 is 0. The number of benzene rings is 2. The minimum atomic E-state index is -0.477. The zero-order chi connectivity index (χ0) is 14.0. The van der Waals surface area contributed by atoms with Crippen LogP contribution in [0.4, 0.5) is 0 Å². The summed E-state index contributed by atoms with van der Waals surface area (Å²) in [7, 11) is 2.01. The molecule has 110 valence electrons. The molecule has 0 aromatic heterocycles. The van der Waals surface area contributed by atoms with E-state index in [-0.39, 0.29) is 12.4 Å². The Labute approximate surface area is 132 Å². The molecule has 21 heavy (non-hydrogen) atoms. The van der Waals surface area contributed by atoms with Crippen LogP contribution in [0.5, 0.6) is 0 Å². The molecule has 3 heteroatoms. The van der Waals surface area contributed by atoms with E-state index >= 15 is 0 Å². The van der Waals surface area contributed by atoms with Gasteiger partial charge in [-0.1, -0.05) is 60.7 Å². The number of ketones is 1. The number of halogens is 1. The first-order valence-corrected chi connectivity index (χ1v) is 7.06. The van der Waals surface area contributed by atoms with Gasteiger partial charge in [0.2, 0.25) is 0 Å². The van der Waals surface area contributed by atoms with Crippen LogP contribution >= 0.6 is 12.4 Å². The first kappa shape index (κ1) is 15.7. The number of likely N-dealkylation sites (N-methyl/N-ethyl adjacent to an activating group) is 1. The van der Waals surface area contributed by atoms with Crippen molar-refractivity contribution >= 4 is 18.2 Å². The lowest BCUT2D eigenvalue weighted by atomic mass is 9.67. The first-order valence-electron chi connectivity index (χ1n) is 7.06. The fraction of sp³-hybridized carbons (Fsp3) is 0.278. The summed E-state index contributed by atoms with van der Waals surface area (Å²) in [5, 5.41) is 0. The van der Waals surface area contributed by atoms with Crippen molar-refractivity contribution in [1.29, 1.82) is 0 Å². The second-order valence-electron chi connectivity index (χ2n) is 5.55. The van der Waals surface area contributed by atoms with Crippen molar-refractivity contribution in [1.82, 2.24) is 4.90 Å². The molecule has 1 fully saturated rings. The number of likely N-dealkylation sites (tertiary alicyclic amines) is 1. The Kier molecular flexibility index (Phi) is 4.81. The molecular weight excluding hydrogens is 282 g/mol. The molecule has 0 atom stereocenters. The summed E-state index contributed by atoms with van der Waals surface area (Å²) >= 11 is 0. The highest BCUT2D eigenvalue weighted by atomic mass is 35.5. The Bertz CT molecular complexity index is 558. The van der Waals surface area contributed by atoms with Crippen LogP contribution in [0, 0.1) is 0 Å². The molecule has 1 heterocycles. The standard InChI is InChI=1S/C18H19NO.ClH/c1-19-13-12-18(17(20)14-19,15-8-4-2-5-9-15)16-10-6-3-7-11-16;/h2-11H,12-14H2,1H3;1H. The zero-order valence-electron chi connectivity index (χ0n) is 12.2. The van der Waals surface area contributed by atoms with Gasteiger partial charge in [-0.15, -0.1) is 12.4 Å². The van der Waals surface area contributed by atoms with E-state index in [1.165, 1.54) is 0 Å². The maximum Gasteiger partial charge on any atom is 0.161 e. The molecule has 0 spiro atoms. The lowest BCUT2D eigenvalue weighted by Gasteiger charge is -2.40. The van der Waals surface area contributed by atoms with Crippen LogP contribution in [-0.2, 0) is 10.2 Å². The normalized spacial score (nSPS) is 18.0. The first-order chi connectivity index (χ1) is 9.73. The van der Waals surface area contributed by atoms with Crippen LogP contribution in [-0.4, -0.2) is 30.8 Å². The summed E-state index contributed by atoms with van der Waals surface area (Å²) in [5.41, 5.74) is 1.75. The molecule has 0 saturated carbocycles. The lowest BCUT2D eigenvalue weighted by Crippen LogP contribution is -2.50. The quantitative estimate of drug-likeness (QED) is 0.848. The minimum absolute atomic E-state index is 0. The Morgan fingerprint density at radius 2 is 1.38 bits per heavy atom. The molecule has 1 saturated heterocycles. The third kappa shape index (κ3) is 2.74. The molecule has 0 bridgehead atoms. The van der Waals surface area contributed by atoms with Gasteiger partial charge in [0.25, 0.3) is 0 Å². The van der Waals surface area contributed by atoms with Gasteiger partial charge in [-0.2, -0.15) is 0 Å². The van der Waals surface area contributed by atoms with Crippen LogP contribution in [0.15, 0.2) is 60.7 Å². The second-order valence-corrected chi connectivity index (χ2v) is 5.55. The number of carbonyl (C=O) groups excluding carboxylic acids is 1. The van der Waals surface area contributed by atoms with E-state index in [0.717, 1.165) is 24.1 Å². The van der Waals surface area contributed by atoms with Crippen molar-refractivity contribution in [2.45, 2.75) is 11.8 Å². The SMILES string of the molecule is CN1CCC(c2ccccc2)(c2ccccc2)C(=O)C1.Cl. The number of hydrogen-bond acceptors (Lipinski definition) is 2. The van der Waals surface area contributed by atoms with E-state index < -0.39 is 5.41 Å². The highest BCUT2D eigenvalue weighted by Crippen LogP contribution is 2.39. The molecule has 1 aliphatic rings. The Morgan fingerprint density at radius 3 is 1.81 bits per heavy atom. The highest BCUT2D eigenvalue weighted by Gasteiger charge is 2.44. The van der Waals surface area contributed by atoms with Crippen molar-refractivity contribution in [3.8, 4) is 0 Å². The predicted octanol–water partition coefficient (Wildman–Crippen LogP) is 3.30. The van der Waals surface area contributed by atoms with Gasteiger partial charge in [-0.25, -0.2) is 0 Å². The van der Waals surface area contributed by atoms with Gasteiger partial charge in [0.05, 0.1) is 12.0 Å². The van der Waals surface area contributed by atoms with E-state index in [1.807, 2.05) is 43.4 Å². The number of Topliss-reactive ketones (excluding diaryl/α,β-unsaturated/α-hetero) is 1. The predicted molar refractivity (Wildman–Crippen MR) is 88.0 cm³/mol. The maximum atomic E-state index is 12.9. The van der Waals surface area contributed by atoms with Gasteiger partial charge >= 0.3 is 0 Å². The smallest absolute Gasteiger partial charge is 0.161 e. The molecule has 2 nitrogen and oxygen atoms in total. The summed E-state index contributed by atoms with van der Waals surface area (Å²) in [6.07, 6.45) is 0.844. The topological polar surface area (TPSA) is 20.3 Å².